The largest absolute Gasteiger partial charge is 0.497 e. The van der Waals surface area contributed by atoms with Crippen LogP contribution in [0.25, 0.3) is 0 Å². The molecule has 11 heteroatoms. The monoisotopic (exact) mass is 459 g/mol. The number of nitriles is 1. The van der Waals surface area contributed by atoms with Crippen LogP contribution in [0.5, 0.6) is 0 Å². The Hall–Kier alpha value is -1.77. The predicted octanol–water partition coefficient (Wildman–Crippen LogP) is 2.37. The van der Waals surface area contributed by atoms with Crippen LogP contribution in [0, 0.1) is 27.4 Å². The molecule has 1 N–H and O–H groups in total. The van der Waals surface area contributed by atoms with Gasteiger partial charge in [-0.05, 0) is 34.6 Å². The molecule has 0 bridgehead atoms. The molecule has 1 heterocycles. The highest BCUT2D eigenvalue weighted by Crippen LogP contribution is 2.42. The van der Waals surface area contributed by atoms with Gasteiger partial charge in [0.2, 0.25) is 5.70 Å². The molecule has 0 amide bonds. The molecule has 1 aliphatic heterocycles. The summed E-state index contributed by atoms with van der Waals surface area (Å²) >= 11 is 0. The summed E-state index contributed by atoms with van der Waals surface area (Å²) in [6, 6.07) is 1.82. The first kappa shape index (κ1) is 24.5. The highest BCUT2D eigenvalue weighted by atomic mass is 32.2. The quantitative estimate of drug-likeness (QED) is 0.475. The van der Waals surface area contributed by atoms with Crippen LogP contribution in [0.3, 0.4) is 0 Å². The Balaban J connectivity index is 2.70. The van der Waals surface area contributed by atoms with Crippen molar-refractivity contribution < 1.29 is 22.3 Å². The lowest BCUT2D eigenvalue weighted by atomic mass is 9.80. The molecule has 2 rings (SSSR count). The molecule has 0 aromatic carbocycles. The van der Waals surface area contributed by atoms with Gasteiger partial charge in [-0.25, -0.2) is 17.3 Å². The lowest BCUT2D eigenvalue weighted by molar-refractivity contribution is -0.433. The van der Waals surface area contributed by atoms with Crippen molar-refractivity contribution in [3.63, 3.8) is 0 Å². The van der Waals surface area contributed by atoms with E-state index in [9.17, 15) is 28.0 Å². The highest BCUT2D eigenvalue weighted by molar-refractivity contribution is 7.93. The second kappa shape index (κ2) is 8.05. The number of allylic oxidation sites excluding steroid dienone is 2. The van der Waals surface area contributed by atoms with Crippen LogP contribution in [-0.4, -0.2) is 44.9 Å². The Bertz CT molecular complexity index is 969. The molecule has 168 valence electrons. The van der Waals surface area contributed by atoms with E-state index >= 15 is 0 Å². The molecular weight excluding hydrogens is 430 g/mol. The zero-order chi connectivity index (χ0) is 23.1. The van der Waals surface area contributed by atoms with Crippen molar-refractivity contribution >= 4 is 20.8 Å². The maximum Gasteiger partial charge on any atom is 0.249 e. The summed E-state index contributed by atoms with van der Waals surface area (Å²) in [7, 11) is -5.68. The van der Waals surface area contributed by atoms with E-state index in [4.69, 9.17) is 4.74 Å². The van der Waals surface area contributed by atoms with Crippen LogP contribution in [0.1, 0.15) is 54.4 Å². The third-order valence-electron chi connectivity index (χ3n) is 5.45. The molecule has 3 atom stereocenters. The molecule has 9 nitrogen and oxygen atoms in total. The fourth-order valence-electron chi connectivity index (χ4n) is 3.31. The summed E-state index contributed by atoms with van der Waals surface area (Å²) in [6.45, 7) is 9.73. The number of hydrogen-bond acceptors (Lipinski definition) is 7. The molecule has 0 aromatic heterocycles. The maximum atomic E-state index is 13.2. The van der Waals surface area contributed by atoms with E-state index in [1.54, 1.807) is 27.7 Å². The molecule has 1 aliphatic carbocycles. The van der Waals surface area contributed by atoms with Crippen molar-refractivity contribution in [3.8, 4) is 6.07 Å². The van der Waals surface area contributed by atoms with Crippen LogP contribution < -0.4 is 4.72 Å². The zero-order valence-electron chi connectivity index (χ0n) is 18.1. The molecule has 0 aromatic rings. The van der Waals surface area contributed by atoms with Gasteiger partial charge in [-0.2, -0.15) is 5.26 Å². The highest BCUT2D eigenvalue weighted by Gasteiger charge is 2.50. The molecule has 0 radical (unpaired) electrons. The third-order valence-corrected chi connectivity index (χ3v) is 9.66. The molecule has 1 unspecified atom stereocenters. The Kier molecular flexibility index (Phi) is 6.58. The van der Waals surface area contributed by atoms with Gasteiger partial charge in [-0.3, -0.25) is 10.1 Å². The standard InChI is InChI=1S/C19H29N3O6S2/c1-13-9-16-14(10-15(13)22(23)24)19(7-8-28-16,21-29(25)17(2,3)4)12-30(26,27)18(5,6)11-20/h10,13,21H,7-9,12H2,1-6H3/t13?,19-,29-/m0/s1. The Morgan fingerprint density at radius 1 is 1.40 bits per heavy atom. The summed E-state index contributed by atoms with van der Waals surface area (Å²) in [6.07, 6.45) is 1.74. The van der Waals surface area contributed by atoms with Crippen molar-refractivity contribution in [1.29, 1.82) is 5.26 Å². The second-order valence-corrected chi connectivity index (χ2v) is 13.8. The maximum absolute atomic E-state index is 13.2. The normalized spacial score (nSPS) is 26.2. The van der Waals surface area contributed by atoms with Crippen LogP contribution in [-0.2, 0) is 25.6 Å². The van der Waals surface area contributed by atoms with Gasteiger partial charge in [0.05, 0.1) is 50.5 Å². The minimum atomic E-state index is -4.01. The summed E-state index contributed by atoms with van der Waals surface area (Å²) < 4.78 is 45.7. The smallest absolute Gasteiger partial charge is 0.249 e. The van der Waals surface area contributed by atoms with Crippen molar-refractivity contribution in [3.05, 3.63) is 33.2 Å². The number of sulfone groups is 1. The van der Waals surface area contributed by atoms with Gasteiger partial charge in [0.15, 0.2) is 14.6 Å². The van der Waals surface area contributed by atoms with E-state index in [0.717, 1.165) is 0 Å². The summed E-state index contributed by atoms with van der Waals surface area (Å²) in [5.41, 5.74) is -1.10. The van der Waals surface area contributed by atoms with E-state index in [2.05, 4.69) is 4.72 Å². The number of nitrogens with one attached hydrogen (secondary N) is 1. The fourth-order valence-corrected chi connectivity index (χ4v) is 5.87. The Morgan fingerprint density at radius 2 is 2.00 bits per heavy atom. The Morgan fingerprint density at radius 3 is 2.50 bits per heavy atom. The summed E-state index contributed by atoms with van der Waals surface area (Å²) in [5.74, 6) is -0.474. The van der Waals surface area contributed by atoms with E-state index in [1.807, 2.05) is 6.07 Å². The number of rotatable bonds is 6. The van der Waals surface area contributed by atoms with Gasteiger partial charge in [0, 0.05) is 24.5 Å². The van der Waals surface area contributed by atoms with Crippen molar-refractivity contribution in [2.24, 2.45) is 5.92 Å². The van der Waals surface area contributed by atoms with Crippen molar-refractivity contribution in [1.82, 2.24) is 4.72 Å². The average Bonchev–Trinajstić information content (AvgIpc) is 2.59. The molecule has 30 heavy (non-hydrogen) atoms. The van der Waals surface area contributed by atoms with Gasteiger partial charge in [0.25, 0.3) is 0 Å². The summed E-state index contributed by atoms with van der Waals surface area (Å²) in [5, 5.41) is 20.9. The van der Waals surface area contributed by atoms with Gasteiger partial charge < -0.3 is 4.74 Å². The first-order valence-electron chi connectivity index (χ1n) is 9.62. The first-order chi connectivity index (χ1) is 13.6. The molecule has 2 aliphatic rings. The topological polar surface area (TPSA) is 139 Å². The van der Waals surface area contributed by atoms with Crippen molar-refractivity contribution in [2.45, 2.75) is 69.4 Å². The van der Waals surface area contributed by atoms with Gasteiger partial charge >= 0.3 is 0 Å². The Labute approximate surface area is 180 Å². The molecular formula is C19H29N3O6S2. The van der Waals surface area contributed by atoms with Crippen molar-refractivity contribution in [2.75, 3.05) is 12.4 Å². The average molecular weight is 460 g/mol. The lowest BCUT2D eigenvalue weighted by Gasteiger charge is -2.43. The van der Waals surface area contributed by atoms with Crippen LogP contribution in [0.15, 0.2) is 23.1 Å². The van der Waals surface area contributed by atoms with E-state index in [-0.39, 0.29) is 25.1 Å². The van der Waals surface area contributed by atoms with Gasteiger partial charge in [-0.1, -0.05) is 6.92 Å². The minimum absolute atomic E-state index is 0.0519. The number of nitrogens with zero attached hydrogens (tertiary/aromatic N) is 2. The van der Waals surface area contributed by atoms with Gasteiger partial charge in [-0.15, -0.1) is 0 Å². The van der Waals surface area contributed by atoms with E-state index in [1.165, 1.54) is 19.9 Å². The lowest BCUT2D eigenvalue weighted by Crippen LogP contribution is -2.59. The van der Waals surface area contributed by atoms with E-state index < -0.39 is 52.4 Å². The van der Waals surface area contributed by atoms with Crippen LogP contribution >= 0.6 is 0 Å². The fraction of sp³-hybridized carbons (Fsp3) is 0.737. The SMILES string of the molecule is CC1CC2=C(C=C1[N+](=O)[O-])[C@](CS(=O)(=O)C(C)(C)C#N)(N[S@@](=O)C(C)(C)C)CCO2. The summed E-state index contributed by atoms with van der Waals surface area (Å²) in [4.78, 5) is 11.1. The minimum Gasteiger partial charge on any atom is -0.497 e. The number of hydrogen-bond donors (Lipinski definition) is 1. The van der Waals surface area contributed by atoms with E-state index in [0.29, 0.717) is 11.3 Å². The van der Waals surface area contributed by atoms with Crippen LogP contribution in [0.2, 0.25) is 0 Å². The molecule has 0 spiro atoms. The molecule has 0 saturated heterocycles. The number of nitro groups is 1. The van der Waals surface area contributed by atoms with Crippen LogP contribution in [0.4, 0.5) is 0 Å². The predicted molar refractivity (Wildman–Crippen MR) is 114 cm³/mol. The second-order valence-electron chi connectivity index (χ2n) is 9.31. The third kappa shape index (κ3) is 4.60. The van der Waals surface area contributed by atoms with Gasteiger partial charge in [0.1, 0.15) is 5.76 Å². The molecule has 0 saturated carbocycles. The first-order valence-corrected chi connectivity index (χ1v) is 12.4. The molecule has 0 fully saturated rings. The number of ether oxygens (including phenoxy) is 1. The zero-order valence-corrected chi connectivity index (χ0v) is 19.8.